The first-order valence-corrected chi connectivity index (χ1v) is 9.10. The van der Waals surface area contributed by atoms with Crippen LogP contribution in [0.2, 0.25) is 0 Å². The minimum atomic E-state index is 0.309. The van der Waals surface area contributed by atoms with Crippen LogP contribution in [0.3, 0.4) is 0 Å². The molecule has 21 heavy (non-hydrogen) atoms. The van der Waals surface area contributed by atoms with Gasteiger partial charge in [0.05, 0.1) is 6.04 Å². The first kappa shape index (κ1) is 15.0. The zero-order valence-electron chi connectivity index (χ0n) is 13.0. The van der Waals surface area contributed by atoms with E-state index < -0.39 is 0 Å². The molecular formula is C18H25NOS. The van der Waals surface area contributed by atoms with Crippen molar-refractivity contribution in [3.05, 3.63) is 35.6 Å². The van der Waals surface area contributed by atoms with Crippen molar-refractivity contribution in [3.63, 3.8) is 0 Å². The zero-order chi connectivity index (χ0) is 14.7. The fourth-order valence-corrected chi connectivity index (χ4v) is 4.63. The largest absolute Gasteiger partial charge is 0.459 e. The minimum absolute atomic E-state index is 0.309. The Balaban J connectivity index is 1.70. The molecule has 1 saturated carbocycles. The second-order valence-corrected chi connectivity index (χ2v) is 7.41. The maximum Gasteiger partial charge on any atom is 0.137 e. The normalized spacial score (nSPS) is 18.2. The van der Waals surface area contributed by atoms with Gasteiger partial charge in [-0.2, -0.15) is 11.8 Å². The van der Waals surface area contributed by atoms with Crippen LogP contribution >= 0.6 is 11.8 Å². The molecular weight excluding hydrogens is 278 g/mol. The molecule has 1 unspecified atom stereocenters. The first-order chi connectivity index (χ1) is 10.3. The van der Waals surface area contributed by atoms with Gasteiger partial charge in [0.2, 0.25) is 0 Å². The molecule has 1 aromatic carbocycles. The summed E-state index contributed by atoms with van der Waals surface area (Å²) in [4.78, 5) is 0. The number of thioether (sulfide) groups is 1. The Kier molecular flexibility index (Phi) is 4.91. The predicted octanol–water partition coefficient (Wildman–Crippen LogP) is 5.07. The molecule has 0 bridgehead atoms. The van der Waals surface area contributed by atoms with Crippen LogP contribution in [-0.2, 0) is 0 Å². The highest BCUT2D eigenvalue weighted by Gasteiger charge is 2.19. The van der Waals surface area contributed by atoms with E-state index in [4.69, 9.17) is 4.42 Å². The van der Waals surface area contributed by atoms with Gasteiger partial charge >= 0.3 is 0 Å². The van der Waals surface area contributed by atoms with E-state index in [1.54, 1.807) is 0 Å². The maximum atomic E-state index is 6.12. The third kappa shape index (κ3) is 3.46. The van der Waals surface area contributed by atoms with Crippen molar-refractivity contribution in [2.24, 2.45) is 0 Å². The monoisotopic (exact) mass is 303 g/mol. The number of fused-ring (bicyclic) bond motifs is 1. The van der Waals surface area contributed by atoms with Gasteiger partial charge < -0.3 is 9.73 Å². The van der Waals surface area contributed by atoms with E-state index in [1.807, 2.05) is 7.05 Å². The highest BCUT2D eigenvalue weighted by molar-refractivity contribution is 7.99. The molecule has 2 aromatic rings. The molecule has 2 nitrogen and oxygen atoms in total. The Morgan fingerprint density at radius 1 is 1.29 bits per heavy atom. The van der Waals surface area contributed by atoms with Crippen molar-refractivity contribution in [3.8, 4) is 0 Å². The van der Waals surface area contributed by atoms with Crippen LogP contribution in [-0.4, -0.2) is 18.1 Å². The average Bonchev–Trinajstić information content (AvgIpc) is 2.94. The highest BCUT2D eigenvalue weighted by atomic mass is 32.2. The van der Waals surface area contributed by atoms with Gasteiger partial charge in [-0.15, -0.1) is 0 Å². The molecule has 114 valence electrons. The number of nitrogens with one attached hydrogen (secondary N) is 1. The molecule has 1 atom stereocenters. The summed E-state index contributed by atoms with van der Waals surface area (Å²) in [6.07, 6.45) is 7.02. The third-order valence-corrected chi connectivity index (χ3v) is 5.97. The second kappa shape index (κ2) is 6.89. The third-order valence-electron chi connectivity index (χ3n) is 4.50. The summed E-state index contributed by atoms with van der Waals surface area (Å²) < 4.78 is 6.12. The molecule has 1 fully saturated rings. The van der Waals surface area contributed by atoms with Crippen molar-refractivity contribution >= 4 is 22.7 Å². The minimum Gasteiger partial charge on any atom is -0.459 e. The Bertz CT molecular complexity index is 586. The number of hydrogen-bond acceptors (Lipinski definition) is 3. The molecule has 1 aliphatic carbocycles. The topological polar surface area (TPSA) is 25.2 Å². The predicted molar refractivity (Wildman–Crippen MR) is 92.1 cm³/mol. The van der Waals surface area contributed by atoms with E-state index >= 15 is 0 Å². The molecule has 1 heterocycles. The Labute approximate surface area is 131 Å². The lowest BCUT2D eigenvalue weighted by Gasteiger charge is -2.23. The van der Waals surface area contributed by atoms with Gasteiger partial charge in [-0.05, 0) is 38.4 Å². The fraction of sp³-hybridized carbons (Fsp3) is 0.556. The van der Waals surface area contributed by atoms with Crippen molar-refractivity contribution in [1.82, 2.24) is 5.32 Å². The van der Waals surface area contributed by atoms with Crippen molar-refractivity contribution in [2.45, 2.75) is 50.3 Å². The lowest BCUT2D eigenvalue weighted by atomic mass is 10.0. The molecule has 0 radical (unpaired) electrons. The Morgan fingerprint density at radius 2 is 2.10 bits per heavy atom. The van der Waals surface area contributed by atoms with Crippen LogP contribution in [0.25, 0.3) is 11.0 Å². The molecule has 1 aliphatic rings. The number of hydrogen-bond donors (Lipinski definition) is 1. The van der Waals surface area contributed by atoms with Crippen LogP contribution in [0.1, 0.15) is 49.5 Å². The zero-order valence-corrected chi connectivity index (χ0v) is 13.8. The number of benzene rings is 1. The van der Waals surface area contributed by atoms with Gasteiger partial charge in [0, 0.05) is 16.4 Å². The molecule has 0 amide bonds. The van der Waals surface area contributed by atoms with Crippen molar-refractivity contribution < 1.29 is 4.42 Å². The van der Waals surface area contributed by atoms with Crippen LogP contribution in [0, 0.1) is 6.92 Å². The van der Waals surface area contributed by atoms with E-state index in [9.17, 15) is 0 Å². The van der Waals surface area contributed by atoms with Gasteiger partial charge in [0.25, 0.3) is 0 Å². The van der Waals surface area contributed by atoms with Gasteiger partial charge in [-0.1, -0.05) is 37.5 Å². The lowest BCUT2D eigenvalue weighted by molar-refractivity contribution is 0.475. The van der Waals surface area contributed by atoms with Crippen LogP contribution < -0.4 is 5.32 Å². The number of rotatable bonds is 5. The van der Waals surface area contributed by atoms with Crippen LogP contribution in [0.4, 0.5) is 0 Å². The lowest BCUT2D eigenvalue weighted by Crippen LogP contribution is -2.20. The smallest absolute Gasteiger partial charge is 0.137 e. The Hall–Kier alpha value is -0.930. The summed E-state index contributed by atoms with van der Waals surface area (Å²) in [5, 5.41) is 5.49. The summed E-state index contributed by atoms with van der Waals surface area (Å²) in [6, 6.07) is 8.85. The van der Waals surface area contributed by atoms with Crippen LogP contribution in [0.15, 0.2) is 28.7 Å². The summed E-state index contributed by atoms with van der Waals surface area (Å²) in [5.74, 6) is 2.17. The highest BCUT2D eigenvalue weighted by Crippen LogP contribution is 2.33. The van der Waals surface area contributed by atoms with Gasteiger partial charge in [-0.25, -0.2) is 0 Å². The van der Waals surface area contributed by atoms with E-state index in [1.165, 1.54) is 43.1 Å². The number of aryl methyl sites for hydroxylation is 1. The van der Waals surface area contributed by atoms with Crippen LogP contribution in [0.5, 0.6) is 0 Å². The number of para-hydroxylation sites is 1. The first-order valence-electron chi connectivity index (χ1n) is 8.06. The van der Waals surface area contributed by atoms with Gasteiger partial charge in [0.1, 0.15) is 11.3 Å². The quantitative estimate of drug-likeness (QED) is 0.835. The van der Waals surface area contributed by atoms with E-state index in [0.717, 1.165) is 22.3 Å². The van der Waals surface area contributed by atoms with Crippen molar-refractivity contribution in [2.75, 3.05) is 12.8 Å². The molecule has 0 aliphatic heterocycles. The molecule has 3 heteroatoms. The molecule has 0 saturated heterocycles. The summed E-state index contributed by atoms with van der Waals surface area (Å²) >= 11 is 2.12. The molecule has 0 spiro atoms. The van der Waals surface area contributed by atoms with E-state index in [-0.39, 0.29) is 0 Å². The number of furan rings is 1. The summed E-state index contributed by atoms with van der Waals surface area (Å²) in [5.41, 5.74) is 2.25. The fourth-order valence-electron chi connectivity index (χ4n) is 3.17. The van der Waals surface area contributed by atoms with Gasteiger partial charge in [-0.3, -0.25) is 0 Å². The SMILES string of the molecule is CNC(CSC1CCCCC1)c1cc2cccc(C)c2o1. The maximum absolute atomic E-state index is 6.12. The van der Waals surface area contributed by atoms with Gasteiger partial charge in [0.15, 0.2) is 0 Å². The van der Waals surface area contributed by atoms with E-state index in [0.29, 0.717) is 6.04 Å². The average molecular weight is 303 g/mol. The molecule has 1 N–H and O–H groups in total. The van der Waals surface area contributed by atoms with Crippen molar-refractivity contribution in [1.29, 1.82) is 0 Å². The van der Waals surface area contributed by atoms with E-state index in [2.05, 4.69) is 48.3 Å². The second-order valence-electron chi connectivity index (χ2n) is 6.08. The Morgan fingerprint density at radius 3 is 2.81 bits per heavy atom. The molecule has 3 rings (SSSR count). The summed E-state index contributed by atoms with van der Waals surface area (Å²) in [7, 11) is 2.03. The summed E-state index contributed by atoms with van der Waals surface area (Å²) in [6.45, 7) is 2.11. The molecule has 1 aromatic heterocycles. The standard InChI is InChI=1S/C18H25NOS/c1-13-7-6-8-14-11-17(20-18(13)14)16(19-2)12-21-15-9-4-3-5-10-15/h6-8,11,15-16,19H,3-5,9-10,12H2,1-2H3.